The van der Waals surface area contributed by atoms with Gasteiger partial charge in [0.05, 0.1) is 0 Å². The molecule has 1 N–H and O–H groups in total. The summed E-state index contributed by atoms with van der Waals surface area (Å²) in [5.74, 6) is -0.0116. The minimum absolute atomic E-state index is 0.0116. The summed E-state index contributed by atoms with van der Waals surface area (Å²) in [6.07, 6.45) is 4.59. The van der Waals surface area contributed by atoms with Crippen LogP contribution in [0.2, 0.25) is 0 Å². The van der Waals surface area contributed by atoms with E-state index < -0.39 is 0 Å². The Morgan fingerprint density at radius 2 is 2.25 bits per heavy atom. The Morgan fingerprint density at radius 1 is 1.50 bits per heavy atom. The summed E-state index contributed by atoms with van der Waals surface area (Å²) < 4.78 is 0. The Hall–Kier alpha value is -1.64. The van der Waals surface area contributed by atoms with Gasteiger partial charge in [0.1, 0.15) is 0 Å². The van der Waals surface area contributed by atoms with Crippen LogP contribution in [0.5, 0.6) is 0 Å². The van der Waals surface area contributed by atoms with Crippen molar-refractivity contribution < 1.29 is 4.79 Å². The van der Waals surface area contributed by atoms with E-state index in [2.05, 4.69) is 10.3 Å². The van der Waals surface area contributed by atoms with Crippen molar-refractivity contribution in [2.24, 2.45) is 0 Å². The molecule has 1 rings (SSSR count). The van der Waals surface area contributed by atoms with E-state index >= 15 is 0 Å². The molecule has 0 bridgehead atoms. The Balaban J connectivity index is 2.49. The topological polar surface area (TPSA) is 42.0 Å². The van der Waals surface area contributed by atoms with Gasteiger partial charge in [-0.2, -0.15) is 0 Å². The zero-order valence-electron chi connectivity index (χ0n) is 10.1. The number of carbonyl (C=O) groups is 1. The first-order valence-corrected chi connectivity index (χ1v) is 5.50. The van der Waals surface area contributed by atoms with E-state index in [1.165, 1.54) is 0 Å². The molecule has 86 valence electrons. The van der Waals surface area contributed by atoms with Crippen LogP contribution >= 0.6 is 0 Å². The number of pyridine rings is 1. The molecule has 0 radical (unpaired) electrons. The molecule has 3 nitrogen and oxygen atoms in total. The molecule has 3 heteroatoms. The fraction of sp³-hybridized carbons (Fsp3) is 0.385. The first kappa shape index (κ1) is 12.4. The molecule has 16 heavy (non-hydrogen) atoms. The maximum Gasteiger partial charge on any atom is 0.246 e. The number of rotatable bonds is 4. The van der Waals surface area contributed by atoms with Crippen molar-refractivity contribution in [2.45, 2.75) is 33.7 Å². The van der Waals surface area contributed by atoms with Gasteiger partial charge >= 0.3 is 0 Å². The van der Waals surface area contributed by atoms with Gasteiger partial charge in [0.15, 0.2) is 0 Å². The molecule has 0 aliphatic heterocycles. The smallest absolute Gasteiger partial charge is 0.246 e. The van der Waals surface area contributed by atoms with Crippen molar-refractivity contribution >= 4 is 5.91 Å². The molecule has 0 atom stereocenters. The van der Waals surface area contributed by atoms with Crippen molar-refractivity contribution in [3.8, 4) is 0 Å². The van der Waals surface area contributed by atoms with Gasteiger partial charge in [0.2, 0.25) is 5.91 Å². The normalized spacial score (nSPS) is 11.3. The number of allylic oxidation sites excluding steroid dienone is 1. The van der Waals surface area contributed by atoms with E-state index in [0.717, 1.165) is 23.3 Å². The number of amides is 1. The highest BCUT2D eigenvalue weighted by Crippen LogP contribution is 2.00. The Morgan fingerprint density at radius 3 is 2.81 bits per heavy atom. The molecule has 0 spiro atoms. The molecule has 1 aromatic heterocycles. The second-order valence-electron chi connectivity index (χ2n) is 3.79. The van der Waals surface area contributed by atoms with E-state index in [9.17, 15) is 4.79 Å². The zero-order valence-corrected chi connectivity index (χ0v) is 10.1. The summed E-state index contributed by atoms with van der Waals surface area (Å²) in [4.78, 5) is 15.7. The lowest BCUT2D eigenvalue weighted by molar-refractivity contribution is -0.117. The van der Waals surface area contributed by atoms with Crippen molar-refractivity contribution in [3.63, 3.8) is 0 Å². The molecule has 1 heterocycles. The van der Waals surface area contributed by atoms with E-state index in [1.807, 2.05) is 39.0 Å². The van der Waals surface area contributed by atoms with Crippen LogP contribution in [0.15, 0.2) is 30.0 Å². The summed E-state index contributed by atoms with van der Waals surface area (Å²) in [6.45, 7) is 6.31. The highest BCUT2D eigenvalue weighted by molar-refractivity contribution is 5.92. The van der Waals surface area contributed by atoms with Crippen molar-refractivity contribution in [1.29, 1.82) is 0 Å². The average Bonchev–Trinajstić information content (AvgIpc) is 2.28. The fourth-order valence-corrected chi connectivity index (χ4v) is 1.32. The minimum Gasteiger partial charge on any atom is -0.348 e. The summed E-state index contributed by atoms with van der Waals surface area (Å²) >= 11 is 0. The molecule has 0 saturated carbocycles. The van der Waals surface area contributed by atoms with Gasteiger partial charge in [-0.25, -0.2) is 0 Å². The number of hydrogen-bond acceptors (Lipinski definition) is 2. The first-order valence-electron chi connectivity index (χ1n) is 5.50. The van der Waals surface area contributed by atoms with Gasteiger partial charge in [0, 0.05) is 24.0 Å². The van der Waals surface area contributed by atoms with Crippen LogP contribution in [0, 0.1) is 6.92 Å². The van der Waals surface area contributed by atoms with Crippen LogP contribution in [-0.2, 0) is 11.3 Å². The molecule has 0 saturated heterocycles. The van der Waals surface area contributed by atoms with Gasteiger partial charge in [-0.05, 0) is 31.9 Å². The lowest BCUT2D eigenvalue weighted by Crippen LogP contribution is -2.23. The molecule has 0 aliphatic rings. The third kappa shape index (κ3) is 3.85. The SMILES string of the molecule is CC/C=C(\C)C(=O)NCc1ccc(C)nc1. The number of nitrogens with zero attached hydrogens (tertiary/aromatic N) is 1. The Kier molecular flexibility index (Phi) is 4.70. The number of hydrogen-bond donors (Lipinski definition) is 1. The van der Waals surface area contributed by atoms with Crippen LogP contribution < -0.4 is 5.32 Å². The highest BCUT2D eigenvalue weighted by atomic mass is 16.1. The zero-order chi connectivity index (χ0) is 12.0. The maximum atomic E-state index is 11.6. The maximum absolute atomic E-state index is 11.6. The minimum atomic E-state index is -0.0116. The lowest BCUT2D eigenvalue weighted by atomic mass is 10.2. The number of carbonyl (C=O) groups excluding carboxylic acids is 1. The summed E-state index contributed by atoms with van der Waals surface area (Å²) in [5, 5.41) is 2.86. The largest absolute Gasteiger partial charge is 0.348 e. The summed E-state index contributed by atoms with van der Waals surface area (Å²) in [5.41, 5.74) is 2.77. The molecule has 0 aromatic carbocycles. The summed E-state index contributed by atoms with van der Waals surface area (Å²) in [6, 6.07) is 3.91. The van der Waals surface area contributed by atoms with Crippen LogP contribution in [0.1, 0.15) is 31.5 Å². The van der Waals surface area contributed by atoms with E-state index in [-0.39, 0.29) is 5.91 Å². The molecule has 0 fully saturated rings. The second kappa shape index (κ2) is 6.05. The number of aryl methyl sites for hydroxylation is 1. The highest BCUT2D eigenvalue weighted by Gasteiger charge is 2.02. The molecular formula is C13H18N2O. The second-order valence-corrected chi connectivity index (χ2v) is 3.79. The molecule has 0 unspecified atom stereocenters. The Bertz CT molecular complexity index is 379. The fourth-order valence-electron chi connectivity index (χ4n) is 1.32. The standard InChI is InChI=1S/C13H18N2O/c1-4-5-10(2)13(16)15-9-12-7-6-11(3)14-8-12/h5-8H,4,9H2,1-3H3,(H,15,16)/b10-5+. The molecular weight excluding hydrogens is 200 g/mol. The first-order chi connectivity index (χ1) is 7.63. The number of aromatic nitrogens is 1. The average molecular weight is 218 g/mol. The van der Waals surface area contributed by atoms with Gasteiger partial charge in [0.25, 0.3) is 0 Å². The van der Waals surface area contributed by atoms with Gasteiger partial charge in [-0.15, -0.1) is 0 Å². The van der Waals surface area contributed by atoms with E-state index in [1.54, 1.807) is 6.20 Å². The third-order valence-electron chi connectivity index (χ3n) is 2.29. The van der Waals surface area contributed by atoms with E-state index in [0.29, 0.717) is 6.54 Å². The van der Waals surface area contributed by atoms with Crippen LogP contribution in [0.3, 0.4) is 0 Å². The van der Waals surface area contributed by atoms with Gasteiger partial charge in [-0.3, -0.25) is 9.78 Å². The van der Waals surface area contributed by atoms with E-state index in [4.69, 9.17) is 0 Å². The molecule has 0 aliphatic carbocycles. The summed E-state index contributed by atoms with van der Waals surface area (Å²) in [7, 11) is 0. The van der Waals surface area contributed by atoms with Crippen molar-refractivity contribution in [2.75, 3.05) is 0 Å². The lowest BCUT2D eigenvalue weighted by Gasteiger charge is -2.05. The van der Waals surface area contributed by atoms with Crippen molar-refractivity contribution in [3.05, 3.63) is 41.2 Å². The molecule has 1 amide bonds. The number of nitrogens with one attached hydrogen (secondary N) is 1. The van der Waals surface area contributed by atoms with Crippen molar-refractivity contribution in [1.82, 2.24) is 10.3 Å². The Labute approximate surface area is 96.6 Å². The predicted octanol–water partition coefficient (Wildman–Crippen LogP) is 2.36. The van der Waals surface area contributed by atoms with Crippen LogP contribution in [0.25, 0.3) is 0 Å². The van der Waals surface area contributed by atoms with Crippen LogP contribution in [-0.4, -0.2) is 10.9 Å². The monoisotopic (exact) mass is 218 g/mol. The quantitative estimate of drug-likeness (QED) is 0.788. The van der Waals surface area contributed by atoms with Gasteiger partial charge in [-0.1, -0.05) is 19.1 Å². The van der Waals surface area contributed by atoms with Gasteiger partial charge < -0.3 is 5.32 Å². The predicted molar refractivity (Wildman–Crippen MR) is 64.9 cm³/mol. The molecule has 1 aromatic rings. The third-order valence-corrected chi connectivity index (χ3v) is 2.29. The van der Waals surface area contributed by atoms with Crippen LogP contribution in [0.4, 0.5) is 0 Å².